The highest BCUT2D eigenvalue weighted by Crippen LogP contribution is 2.27. The number of benzene rings is 2. The number of carbonyl (C=O) groups excluding carboxylic acids is 1. The molecule has 1 amide bonds. The van der Waals surface area contributed by atoms with Gasteiger partial charge in [0, 0.05) is 18.7 Å². The van der Waals surface area contributed by atoms with Crippen LogP contribution in [0.3, 0.4) is 0 Å². The number of rotatable bonds is 6. The SMILES string of the molecule is CC1CC(C)CN(S(=O)(=O)c2cccc(C(=O)Nc3ncn(Cc4ccccc4)n3)c2)C1. The van der Waals surface area contributed by atoms with Gasteiger partial charge in [0.2, 0.25) is 16.0 Å². The summed E-state index contributed by atoms with van der Waals surface area (Å²) in [7, 11) is -3.67. The quantitative estimate of drug-likeness (QED) is 0.618. The minimum atomic E-state index is -3.67. The van der Waals surface area contributed by atoms with E-state index in [2.05, 4.69) is 29.2 Å². The molecule has 0 saturated carbocycles. The van der Waals surface area contributed by atoms with Gasteiger partial charge in [-0.05, 0) is 42.0 Å². The number of hydrogen-bond donors (Lipinski definition) is 1. The topological polar surface area (TPSA) is 97.2 Å². The molecule has 1 N–H and O–H groups in total. The molecule has 0 spiro atoms. The number of carbonyl (C=O) groups is 1. The van der Waals surface area contributed by atoms with Crippen molar-refractivity contribution in [3.05, 3.63) is 72.1 Å². The third kappa shape index (κ3) is 5.05. The van der Waals surface area contributed by atoms with Crippen LogP contribution in [0.15, 0.2) is 65.8 Å². The van der Waals surface area contributed by atoms with E-state index < -0.39 is 15.9 Å². The van der Waals surface area contributed by atoms with Crippen LogP contribution in [0, 0.1) is 11.8 Å². The summed E-state index contributed by atoms with van der Waals surface area (Å²) in [5.41, 5.74) is 1.30. The number of sulfonamides is 1. The van der Waals surface area contributed by atoms with Crippen molar-refractivity contribution in [2.75, 3.05) is 18.4 Å². The molecule has 3 aromatic rings. The molecule has 1 aliphatic heterocycles. The Labute approximate surface area is 188 Å². The first-order chi connectivity index (χ1) is 15.3. The maximum absolute atomic E-state index is 13.2. The molecule has 1 saturated heterocycles. The standard InChI is InChI=1S/C23H27N5O3S/c1-17-11-18(2)14-28(13-17)32(30,31)21-10-6-9-20(12-21)22(29)25-23-24-16-27(26-23)15-19-7-4-3-5-8-19/h3-10,12,16-18H,11,13-15H2,1-2H3,(H,25,26,29). The van der Waals surface area contributed by atoms with Crippen molar-refractivity contribution in [1.82, 2.24) is 19.1 Å². The van der Waals surface area contributed by atoms with Crippen LogP contribution in [0.25, 0.3) is 0 Å². The normalized spacial score (nSPS) is 19.6. The summed E-state index contributed by atoms with van der Waals surface area (Å²) < 4.78 is 29.5. The van der Waals surface area contributed by atoms with Gasteiger partial charge in [-0.1, -0.05) is 50.2 Å². The molecule has 2 heterocycles. The zero-order valence-corrected chi connectivity index (χ0v) is 19.0. The maximum Gasteiger partial charge on any atom is 0.258 e. The van der Waals surface area contributed by atoms with Gasteiger partial charge < -0.3 is 0 Å². The first-order valence-corrected chi connectivity index (χ1v) is 12.1. The molecule has 0 radical (unpaired) electrons. The first-order valence-electron chi connectivity index (χ1n) is 10.7. The highest BCUT2D eigenvalue weighted by atomic mass is 32.2. The smallest absolute Gasteiger partial charge is 0.258 e. The van der Waals surface area contributed by atoms with Gasteiger partial charge in [-0.2, -0.15) is 4.31 Å². The largest absolute Gasteiger partial charge is 0.289 e. The molecule has 32 heavy (non-hydrogen) atoms. The lowest BCUT2D eigenvalue weighted by Gasteiger charge is -2.34. The van der Waals surface area contributed by atoms with Crippen LogP contribution in [0.4, 0.5) is 5.95 Å². The zero-order valence-electron chi connectivity index (χ0n) is 18.2. The van der Waals surface area contributed by atoms with Gasteiger partial charge in [0.1, 0.15) is 6.33 Å². The predicted molar refractivity (Wildman–Crippen MR) is 122 cm³/mol. The molecule has 2 atom stereocenters. The van der Waals surface area contributed by atoms with Crippen LogP contribution in [0.2, 0.25) is 0 Å². The Kier molecular flexibility index (Phi) is 6.38. The molecule has 1 aromatic heterocycles. The molecular weight excluding hydrogens is 426 g/mol. The maximum atomic E-state index is 13.2. The predicted octanol–water partition coefficient (Wildman–Crippen LogP) is 3.25. The molecule has 2 aromatic carbocycles. The van der Waals surface area contributed by atoms with E-state index in [0.29, 0.717) is 31.5 Å². The van der Waals surface area contributed by atoms with Gasteiger partial charge in [0.05, 0.1) is 11.4 Å². The zero-order chi connectivity index (χ0) is 22.7. The second kappa shape index (κ2) is 9.22. The molecule has 4 rings (SSSR count). The Morgan fingerprint density at radius 1 is 1.06 bits per heavy atom. The lowest BCUT2D eigenvalue weighted by atomic mass is 9.94. The summed E-state index contributed by atoms with van der Waals surface area (Å²) >= 11 is 0. The first kappa shape index (κ1) is 22.2. The molecule has 1 aliphatic rings. The minimum Gasteiger partial charge on any atom is -0.289 e. The van der Waals surface area contributed by atoms with Gasteiger partial charge in [0.15, 0.2) is 0 Å². The number of piperidine rings is 1. The summed E-state index contributed by atoms with van der Waals surface area (Å²) in [6, 6.07) is 15.9. The minimum absolute atomic E-state index is 0.119. The fraction of sp³-hybridized carbons (Fsp3) is 0.348. The second-order valence-electron chi connectivity index (χ2n) is 8.50. The number of hydrogen-bond acceptors (Lipinski definition) is 5. The van der Waals surface area contributed by atoms with Crippen molar-refractivity contribution in [2.24, 2.45) is 11.8 Å². The van der Waals surface area contributed by atoms with Gasteiger partial charge in [0.25, 0.3) is 5.91 Å². The number of amides is 1. The van der Waals surface area contributed by atoms with Crippen LogP contribution in [-0.4, -0.2) is 46.5 Å². The lowest BCUT2D eigenvalue weighted by molar-refractivity contribution is 0.102. The van der Waals surface area contributed by atoms with Crippen molar-refractivity contribution >= 4 is 21.9 Å². The summed E-state index contributed by atoms with van der Waals surface area (Å²) in [6.07, 6.45) is 2.56. The Bertz CT molecular complexity index is 1180. The van der Waals surface area contributed by atoms with E-state index in [1.807, 2.05) is 30.3 Å². The van der Waals surface area contributed by atoms with Crippen LogP contribution >= 0.6 is 0 Å². The number of nitrogens with zero attached hydrogens (tertiary/aromatic N) is 4. The van der Waals surface area contributed by atoms with Crippen LogP contribution in [-0.2, 0) is 16.6 Å². The molecule has 0 aliphatic carbocycles. The molecule has 8 nitrogen and oxygen atoms in total. The fourth-order valence-electron chi connectivity index (χ4n) is 4.12. The molecule has 9 heteroatoms. The van der Waals surface area contributed by atoms with E-state index in [4.69, 9.17) is 0 Å². The number of anilines is 1. The highest BCUT2D eigenvalue weighted by molar-refractivity contribution is 7.89. The van der Waals surface area contributed by atoms with Gasteiger partial charge in [-0.15, -0.1) is 5.10 Å². The molecular formula is C23H27N5O3S. The van der Waals surface area contributed by atoms with Gasteiger partial charge in [-0.3, -0.25) is 10.1 Å². The third-order valence-electron chi connectivity index (χ3n) is 5.52. The average Bonchev–Trinajstić information content (AvgIpc) is 3.20. The van der Waals surface area contributed by atoms with E-state index in [9.17, 15) is 13.2 Å². The van der Waals surface area contributed by atoms with Crippen molar-refractivity contribution in [3.63, 3.8) is 0 Å². The molecule has 1 fully saturated rings. The second-order valence-corrected chi connectivity index (χ2v) is 10.4. The van der Waals surface area contributed by atoms with E-state index >= 15 is 0 Å². The van der Waals surface area contributed by atoms with Crippen molar-refractivity contribution in [1.29, 1.82) is 0 Å². The van der Waals surface area contributed by atoms with Crippen molar-refractivity contribution in [2.45, 2.75) is 31.7 Å². The highest BCUT2D eigenvalue weighted by Gasteiger charge is 2.32. The summed E-state index contributed by atoms with van der Waals surface area (Å²) in [6.45, 7) is 5.64. The van der Waals surface area contributed by atoms with Crippen molar-refractivity contribution < 1.29 is 13.2 Å². The van der Waals surface area contributed by atoms with E-state index in [0.717, 1.165) is 12.0 Å². The molecule has 168 valence electrons. The summed E-state index contributed by atoms with van der Waals surface area (Å²) in [5.74, 6) is 0.312. The number of aromatic nitrogens is 3. The monoisotopic (exact) mass is 453 g/mol. The van der Waals surface area contributed by atoms with E-state index in [1.54, 1.807) is 23.1 Å². The molecule has 2 unspecified atom stereocenters. The Balaban J connectivity index is 1.47. The van der Waals surface area contributed by atoms with Crippen LogP contribution in [0.5, 0.6) is 0 Å². The Morgan fingerprint density at radius 3 is 2.50 bits per heavy atom. The summed E-state index contributed by atoms with van der Waals surface area (Å²) in [5, 5.41) is 6.93. The van der Waals surface area contributed by atoms with Crippen LogP contribution < -0.4 is 5.32 Å². The lowest BCUT2D eigenvalue weighted by Crippen LogP contribution is -2.42. The summed E-state index contributed by atoms with van der Waals surface area (Å²) in [4.78, 5) is 17.0. The van der Waals surface area contributed by atoms with Gasteiger partial charge >= 0.3 is 0 Å². The van der Waals surface area contributed by atoms with Crippen LogP contribution in [0.1, 0.15) is 36.2 Å². The van der Waals surface area contributed by atoms with E-state index in [-0.39, 0.29) is 16.4 Å². The van der Waals surface area contributed by atoms with E-state index in [1.165, 1.54) is 16.4 Å². The molecule has 0 bridgehead atoms. The van der Waals surface area contributed by atoms with Crippen molar-refractivity contribution in [3.8, 4) is 0 Å². The Hall–Kier alpha value is -3.04. The Morgan fingerprint density at radius 2 is 1.78 bits per heavy atom. The number of nitrogens with one attached hydrogen (secondary N) is 1. The third-order valence-corrected chi connectivity index (χ3v) is 7.35. The fourth-order valence-corrected chi connectivity index (χ4v) is 5.85. The average molecular weight is 454 g/mol. The van der Waals surface area contributed by atoms with Gasteiger partial charge in [-0.25, -0.2) is 18.1 Å².